The van der Waals surface area contributed by atoms with Gasteiger partial charge >= 0.3 is 5.69 Å². The molecule has 0 aliphatic rings. The lowest BCUT2D eigenvalue weighted by Gasteiger charge is -2.08. The van der Waals surface area contributed by atoms with E-state index in [4.69, 9.17) is 4.42 Å². The lowest BCUT2D eigenvalue weighted by molar-refractivity contribution is 0.102. The van der Waals surface area contributed by atoms with Crippen LogP contribution < -0.4 is 16.6 Å². The van der Waals surface area contributed by atoms with E-state index in [0.29, 0.717) is 17.1 Å². The Kier molecular flexibility index (Phi) is 4.38. The number of carbonyl (C=O) groups excluding carboxylic acids is 1. The number of tetrazole rings is 1. The van der Waals surface area contributed by atoms with Crippen LogP contribution in [0.3, 0.4) is 0 Å². The minimum absolute atomic E-state index is 0.0804. The Balaban J connectivity index is 1.56. The molecule has 4 aromatic rings. The third-order valence-electron chi connectivity index (χ3n) is 3.94. The molecule has 1 amide bonds. The zero-order valence-electron chi connectivity index (χ0n) is 14.3. The molecule has 0 saturated heterocycles. The Morgan fingerprint density at radius 2 is 2.00 bits per heavy atom. The van der Waals surface area contributed by atoms with Gasteiger partial charge in [-0.3, -0.25) is 14.2 Å². The highest BCUT2D eigenvalue weighted by Crippen LogP contribution is 2.12. The fraction of sp³-hybridized carbons (Fsp3) is 0.0588. The standard InChI is InChI=1S/C17H13N7O4/c25-15(20-11-3-5-12(6-4-11)24-10-19-21-22-24)14-8-18-17(27)23(16(14)26)9-13-2-1-7-28-13/h1-8,10H,9H2,(H,18,27)(H,20,25). The molecular formula is C17H13N7O4. The number of aromatic nitrogens is 6. The van der Waals surface area contributed by atoms with Gasteiger partial charge in [0.15, 0.2) is 0 Å². The maximum absolute atomic E-state index is 12.6. The highest BCUT2D eigenvalue weighted by atomic mass is 16.3. The van der Waals surface area contributed by atoms with Gasteiger partial charge in [-0.1, -0.05) is 0 Å². The van der Waals surface area contributed by atoms with Crippen molar-refractivity contribution in [3.63, 3.8) is 0 Å². The second-order valence-corrected chi connectivity index (χ2v) is 5.73. The Labute approximate surface area is 156 Å². The number of H-pyrrole nitrogens is 1. The number of nitrogens with one attached hydrogen (secondary N) is 2. The Morgan fingerprint density at radius 1 is 1.18 bits per heavy atom. The van der Waals surface area contributed by atoms with Gasteiger partial charge in [0, 0.05) is 11.9 Å². The Hall–Kier alpha value is -4.28. The first kappa shape index (κ1) is 17.1. The third-order valence-corrected chi connectivity index (χ3v) is 3.94. The molecule has 0 unspecified atom stereocenters. The Morgan fingerprint density at radius 3 is 2.68 bits per heavy atom. The van der Waals surface area contributed by atoms with Gasteiger partial charge in [-0.25, -0.2) is 9.48 Å². The second kappa shape index (κ2) is 7.15. The molecular weight excluding hydrogens is 366 g/mol. The number of aromatic amines is 1. The highest BCUT2D eigenvalue weighted by Gasteiger charge is 2.16. The lowest BCUT2D eigenvalue weighted by atomic mass is 10.2. The average Bonchev–Trinajstić information content (AvgIpc) is 3.40. The maximum atomic E-state index is 12.6. The molecule has 0 atom stereocenters. The summed E-state index contributed by atoms with van der Waals surface area (Å²) in [5.74, 6) is -0.229. The number of furan rings is 1. The predicted molar refractivity (Wildman–Crippen MR) is 96.2 cm³/mol. The van der Waals surface area contributed by atoms with Crippen molar-refractivity contribution in [1.29, 1.82) is 0 Å². The maximum Gasteiger partial charge on any atom is 0.328 e. The minimum Gasteiger partial charge on any atom is -0.467 e. The summed E-state index contributed by atoms with van der Waals surface area (Å²) in [6.07, 6.45) is 3.97. The highest BCUT2D eigenvalue weighted by molar-refractivity contribution is 6.03. The van der Waals surface area contributed by atoms with Crippen LogP contribution in [0.2, 0.25) is 0 Å². The molecule has 11 heteroatoms. The summed E-state index contributed by atoms with van der Waals surface area (Å²) in [7, 11) is 0. The number of carbonyl (C=O) groups is 1. The topological polar surface area (TPSA) is 141 Å². The number of nitrogens with zero attached hydrogens (tertiary/aromatic N) is 5. The molecule has 1 aromatic carbocycles. The van der Waals surface area contributed by atoms with Crippen LogP contribution >= 0.6 is 0 Å². The summed E-state index contributed by atoms with van der Waals surface area (Å²) in [6, 6.07) is 9.96. The molecule has 0 radical (unpaired) electrons. The smallest absolute Gasteiger partial charge is 0.328 e. The van der Waals surface area contributed by atoms with E-state index in [2.05, 4.69) is 25.8 Å². The molecule has 0 aliphatic heterocycles. The first-order valence-electron chi connectivity index (χ1n) is 8.11. The van der Waals surface area contributed by atoms with Crippen LogP contribution in [0.25, 0.3) is 5.69 Å². The summed E-state index contributed by atoms with van der Waals surface area (Å²) < 4.78 is 7.51. The molecule has 0 saturated carbocycles. The fourth-order valence-electron chi connectivity index (χ4n) is 2.55. The largest absolute Gasteiger partial charge is 0.467 e. The van der Waals surface area contributed by atoms with Crippen molar-refractivity contribution in [2.24, 2.45) is 0 Å². The van der Waals surface area contributed by atoms with Gasteiger partial charge in [0.1, 0.15) is 17.7 Å². The van der Waals surface area contributed by atoms with Gasteiger partial charge in [0.05, 0.1) is 18.5 Å². The van der Waals surface area contributed by atoms with Crippen LogP contribution in [-0.4, -0.2) is 35.7 Å². The van der Waals surface area contributed by atoms with Crippen LogP contribution in [0.5, 0.6) is 0 Å². The molecule has 3 aromatic heterocycles. The van der Waals surface area contributed by atoms with Crippen molar-refractivity contribution in [2.45, 2.75) is 6.54 Å². The molecule has 140 valence electrons. The average molecular weight is 379 g/mol. The van der Waals surface area contributed by atoms with Crippen molar-refractivity contribution in [3.05, 3.63) is 87.3 Å². The quantitative estimate of drug-likeness (QED) is 0.511. The number of amides is 1. The van der Waals surface area contributed by atoms with Gasteiger partial charge in [0.2, 0.25) is 0 Å². The summed E-state index contributed by atoms with van der Waals surface area (Å²) in [4.78, 5) is 39.4. The third kappa shape index (κ3) is 3.35. The fourth-order valence-corrected chi connectivity index (χ4v) is 2.55. The van der Waals surface area contributed by atoms with Crippen molar-refractivity contribution in [1.82, 2.24) is 29.8 Å². The predicted octanol–water partition coefficient (Wildman–Crippen LogP) is 0.406. The minimum atomic E-state index is -0.719. The zero-order valence-corrected chi connectivity index (χ0v) is 14.3. The summed E-state index contributed by atoms with van der Waals surface area (Å²) in [5, 5.41) is 13.5. The van der Waals surface area contributed by atoms with Crippen molar-refractivity contribution >= 4 is 11.6 Å². The molecule has 3 heterocycles. The van der Waals surface area contributed by atoms with Crippen LogP contribution in [0, 0.1) is 0 Å². The molecule has 0 fully saturated rings. The van der Waals surface area contributed by atoms with E-state index in [9.17, 15) is 14.4 Å². The van der Waals surface area contributed by atoms with Crippen LogP contribution in [-0.2, 0) is 6.54 Å². The van der Waals surface area contributed by atoms with Gasteiger partial charge in [0.25, 0.3) is 11.5 Å². The monoisotopic (exact) mass is 379 g/mol. The molecule has 28 heavy (non-hydrogen) atoms. The Bertz CT molecular complexity index is 1210. The second-order valence-electron chi connectivity index (χ2n) is 5.73. The molecule has 2 N–H and O–H groups in total. The van der Waals surface area contributed by atoms with Crippen molar-refractivity contribution < 1.29 is 9.21 Å². The number of hydrogen-bond donors (Lipinski definition) is 2. The summed E-state index contributed by atoms with van der Waals surface area (Å²) in [6.45, 7) is -0.0804. The lowest BCUT2D eigenvalue weighted by Crippen LogP contribution is -2.39. The van der Waals surface area contributed by atoms with Gasteiger partial charge in [-0.2, -0.15) is 0 Å². The van der Waals surface area contributed by atoms with E-state index in [1.54, 1.807) is 36.4 Å². The number of hydrogen-bond acceptors (Lipinski definition) is 7. The molecule has 0 bridgehead atoms. The van der Waals surface area contributed by atoms with Crippen LogP contribution in [0.15, 0.2) is 69.2 Å². The van der Waals surface area contributed by atoms with Crippen LogP contribution in [0.1, 0.15) is 16.1 Å². The summed E-state index contributed by atoms with van der Waals surface area (Å²) >= 11 is 0. The number of anilines is 1. The van der Waals surface area contributed by atoms with Crippen molar-refractivity contribution in [3.8, 4) is 5.69 Å². The van der Waals surface area contributed by atoms with E-state index in [0.717, 1.165) is 10.8 Å². The van der Waals surface area contributed by atoms with E-state index in [-0.39, 0.29) is 12.1 Å². The van der Waals surface area contributed by atoms with Gasteiger partial charge in [-0.15, -0.1) is 5.10 Å². The molecule has 0 spiro atoms. The first-order valence-corrected chi connectivity index (χ1v) is 8.11. The first-order chi connectivity index (χ1) is 13.6. The molecule has 4 rings (SSSR count). The SMILES string of the molecule is O=C(Nc1ccc(-n2cnnn2)cc1)c1c[nH]c(=O)n(Cc2ccco2)c1=O. The summed E-state index contributed by atoms with van der Waals surface area (Å²) in [5.41, 5.74) is -0.389. The van der Waals surface area contributed by atoms with Crippen molar-refractivity contribution in [2.75, 3.05) is 5.32 Å². The molecule has 0 aliphatic carbocycles. The van der Waals surface area contributed by atoms with E-state index in [1.165, 1.54) is 17.3 Å². The zero-order chi connectivity index (χ0) is 19.5. The van der Waals surface area contributed by atoms with Gasteiger partial charge in [-0.05, 0) is 46.8 Å². The number of benzene rings is 1. The van der Waals surface area contributed by atoms with E-state index < -0.39 is 17.2 Å². The van der Waals surface area contributed by atoms with E-state index in [1.807, 2.05) is 0 Å². The molecule has 11 nitrogen and oxygen atoms in total. The number of rotatable bonds is 5. The normalized spacial score (nSPS) is 10.7. The van der Waals surface area contributed by atoms with Crippen LogP contribution in [0.4, 0.5) is 5.69 Å². The van der Waals surface area contributed by atoms with E-state index >= 15 is 0 Å². The van der Waals surface area contributed by atoms with Gasteiger partial charge < -0.3 is 14.7 Å².